The number of nitrogens with zero attached hydrogens (tertiary/aromatic N) is 4. The van der Waals surface area contributed by atoms with Crippen molar-refractivity contribution in [1.82, 2.24) is 15.5 Å². The minimum absolute atomic E-state index is 0.0791. The van der Waals surface area contributed by atoms with Crippen LogP contribution in [0, 0.1) is 0 Å². The maximum Gasteiger partial charge on any atom is 0.239 e. The Morgan fingerprint density at radius 1 is 1.03 bits per heavy atom. The van der Waals surface area contributed by atoms with Gasteiger partial charge in [0.15, 0.2) is 5.96 Å². The lowest BCUT2D eigenvalue weighted by atomic mass is 10.2. The van der Waals surface area contributed by atoms with Crippen LogP contribution in [-0.4, -0.2) is 69.6 Å². The Morgan fingerprint density at radius 3 is 2.45 bits per heavy atom. The van der Waals surface area contributed by atoms with E-state index < -0.39 is 0 Å². The quantitative estimate of drug-likeness (QED) is 0.563. The van der Waals surface area contributed by atoms with Crippen LogP contribution in [0.5, 0.6) is 0 Å². The second-order valence-electron chi connectivity index (χ2n) is 7.76. The number of anilines is 2. The SMILES string of the molecule is CN=C(NCc1ccc(N2CCNC(=O)C2)cc1)N1CCN(c2ccccc2Cl)CC1. The summed E-state index contributed by atoms with van der Waals surface area (Å²) in [6.45, 7) is 6.26. The third-order valence-corrected chi connectivity index (χ3v) is 6.09. The number of aliphatic imine (C=N–C) groups is 1. The maximum absolute atomic E-state index is 11.6. The van der Waals surface area contributed by atoms with Gasteiger partial charge in [0.05, 0.1) is 17.3 Å². The monoisotopic (exact) mass is 440 g/mol. The smallest absolute Gasteiger partial charge is 0.239 e. The van der Waals surface area contributed by atoms with E-state index >= 15 is 0 Å². The lowest BCUT2D eigenvalue weighted by molar-refractivity contribution is -0.120. The van der Waals surface area contributed by atoms with Gasteiger partial charge in [-0.15, -0.1) is 0 Å². The number of rotatable bonds is 4. The van der Waals surface area contributed by atoms with Crippen molar-refractivity contribution in [2.24, 2.45) is 4.99 Å². The summed E-state index contributed by atoms with van der Waals surface area (Å²) in [5, 5.41) is 7.14. The van der Waals surface area contributed by atoms with Gasteiger partial charge in [-0.2, -0.15) is 0 Å². The summed E-state index contributed by atoms with van der Waals surface area (Å²) in [5.74, 6) is 0.992. The molecule has 0 bridgehead atoms. The number of piperazine rings is 2. The van der Waals surface area contributed by atoms with E-state index in [0.29, 0.717) is 19.6 Å². The van der Waals surface area contributed by atoms with Gasteiger partial charge in [0.1, 0.15) is 0 Å². The number of carbonyl (C=O) groups excluding carboxylic acids is 1. The number of hydrogen-bond acceptors (Lipinski definition) is 4. The van der Waals surface area contributed by atoms with Gasteiger partial charge >= 0.3 is 0 Å². The molecule has 8 heteroatoms. The van der Waals surface area contributed by atoms with E-state index in [-0.39, 0.29) is 5.91 Å². The molecule has 2 N–H and O–H groups in total. The van der Waals surface area contributed by atoms with Crippen LogP contribution in [0.15, 0.2) is 53.5 Å². The molecule has 2 fully saturated rings. The van der Waals surface area contributed by atoms with E-state index in [9.17, 15) is 4.79 Å². The summed E-state index contributed by atoms with van der Waals surface area (Å²) in [6.07, 6.45) is 0. The molecule has 0 saturated carbocycles. The van der Waals surface area contributed by atoms with Gasteiger partial charge in [0.25, 0.3) is 0 Å². The molecule has 2 heterocycles. The lowest BCUT2D eigenvalue weighted by Crippen LogP contribution is -2.52. The summed E-state index contributed by atoms with van der Waals surface area (Å²) >= 11 is 6.36. The molecule has 2 saturated heterocycles. The first-order valence-electron chi connectivity index (χ1n) is 10.7. The molecule has 0 aliphatic carbocycles. The second kappa shape index (κ2) is 9.92. The fourth-order valence-electron chi connectivity index (χ4n) is 4.06. The van der Waals surface area contributed by atoms with Crippen molar-refractivity contribution in [2.75, 3.05) is 62.7 Å². The summed E-state index contributed by atoms with van der Waals surface area (Å²) in [6, 6.07) is 16.4. The van der Waals surface area contributed by atoms with E-state index in [4.69, 9.17) is 11.6 Å². The molecular formula is C23H29ClN6O. The van der Waals surface area contributed by atoms with E-state index in [1.54, 1.807) is 0 Å². The van der Waals surface area contributed by atoms with Gasteiger partial charge in [-0.1, -0.05) is 35.9 Å². The van der Waals surface area contributed by atoms with Gasteiger partial charge < -0.3 is 25.3 Å². The van der Waals surface area contributed by atoms with Crippen LogP contribution < -0.4 is 20.4 Å². The number of hydrogen-bond donors (Lipinski definition) is 2. The Bertz CT molecular complexity index is 924. The molecule has 2 aromatic rings. The van der Waals surface area contributed by atoms with Crippen LogP contribution >= 0.6 is 11.6 Å². The van der Waals surface area contributed by atoms with Crippen LogP contribution in [-0.2, 0) is 11.3 Å². The minimum atomic E-state index is 0.0791. The zero-order valence-corrected chi connectivity index (χ0v) is 18.6. The zero-order chi connectivity index (χ0) is 21.6. The Hall–Kier alpha value is -2.93. The van der Waals surface area contributed by atoms with Crippen LogP contribution in [0.2, 0.25) is 5.02 Å². The molecule has 0 radical (unpaired) electrons. The molecule has 164 valence electrons. The van der Waals surface area contributed by atoms with Crippen molar-refractivity contribution in [1.29, 1.82) is 0 Å². The van der Waals surface area contributed by atoms with Gasteiger partial charge in [0, 0.05) is 58.5 Å². The molecule has 2 aromatic carbocycles. The molecule has 0 spiro atoms. The van der Waals surface area contributed by atoms with E-state index in [1.807, 2.05) is 25.2 Å². The molecule has 0 aromatic heterocycles. The first-order valence-corrected chi connectivity index (χ1v) is 11.1. The molecule has 1 amide bonds. The predicted octanol–water partition coefficient (Wildman–Crippen LogP) is 2.17. The highest BCUT2D eigenvalue weighted by Crippen LogP contribution is 2.26. The van der Waals surface area contributed by atoms with Crippen molar-refractivity contribution in [2.45, 2.75) is 6.54 Å². The lowest BCUT2D eigenvalue weighted by Gasteiger charge is -2.38. The molecule has 7 nitrogen and oxygen atoms in total. The summed E-state index contributed by atoms with van der Waals surface area (Å²) in [5.41, 5.74) is 3.36. The topological polar surface area (TPSA) is 63.2 Å². The third-order valence-electron chi connectivity index (χ3n) is 5.77. The molecule has 2 aliphatic rings. The minimum Gasteiger partial charge on any atom is -0.367 e. The molecule has 2 aliphatic heterocycles. The van der Waals surface area contributed by atoms with E-state index in [1.165, 1.54) is 5.56 Å². The molecule has 31 heavy (non-hydrogen) atoms. The normalized spacial score (nSPS) is 17.5. The zero-order valence-electron chi connectivity index (χ0n) is 17.9. The van der Waals surface area contributed by atoms with Gasteiger partial charge in [-0.05, 0) is 29.8 Å². The van der Waals surface area contributed by atoms with Crippen molar-refractivity contribution < 1.29 is 4.79 Å². The van der Waals surface area contributed by atoms with Gasteiger partial charge in [-0.3, -0.25) is 9.79 Å². The highest BCUT2D eigenvalue weighted by Gasteiger charge is 2.21. The molecule has 0 atom stereocenters. The average Bonchev–Trinajstić information content (AvgIpc) is 2.81. The van der Waals surface area contributed by atoms with Crippen LogP contribution in [0.1, 0.15) is 5.56 Å². The largest absolute Gasteiger partial charge is 0.367 e. The number of amides is 1. The van der Waals surface area contributed by atoms with Crippen molar-refractivity contribution in [3.8, 4) is 0 Å². The van der Waals surface area contributed by atoms with Crippen LogP contribution in [0.3, 0.4) is 0 Å². The van der Waals surface area contributed by atoms with Crippen molar-refractivity contribution in [3.05, 3.63) is 59.1 Å². The first kappa shape index (κ1) is 21.3. The molecular weight excluding hydrogens is 412 g/mol. The number of halogens is 1. The summed E-state index contributed by atoms with van der Waals surface area (Å²) < 4.78 is 0. The number of guanidine groups is 1. The Morgan fingerprint density at radius 2 is 1.77 bits per heavy atom. The van der Waals surface area contributed by atoms with E-state index in [2.05, 4.69) is 60.7 Å². The van der Waals surface area contributed by atoms with Crippen LogP contribution in [0.4, 0.5) is 11.4 Å². The van der Waals surface area contributed by atoms with Crippen molar-refractivity contribution >= 4 is 34.8 Å². The number of para-hydroxylation sites is 1. The highest BCUT2D eigenvalue weighted by molar-refractivity contribution is 6.33. The molecule has 4 rings (SSSR count). The first-order chi connectivity index (χ1) is 15.1. The number of carbonyl (C=O) groups is 1. The molecule has 0 unspecified atom stereocenters. The Balaban J connectivity index is 1.29. The number of benzene rings is 2. The fraction of sp³-hybridized carbons (Fsp3) is 0.391. The third kappa shape index (κ3) is 5.22. The average molecular weight is 441 g/mol. The second-order valence-corrected chi connectivity index (χ2v) is 8.17. The summed E-state index contributed by atoms with van der Waals surface area (Å²) in [7, 11) is 1.83. The van der Waals surface area contributed by atoms with E-state index in [0.717, 1.165) is 55.1 Å². The fourth-order valence-corrected chi connectivity index (χ4v) is 4.32. The Kier molecular flexibility index (Phi) is 6.82. The number of nitrogens with one attached hydrogen (secondary N) is 2. The van der Waals surface area contributed by atoms with Gasteiger partial charge in [-0.25, -0.2) is 0 Å². The van der Waals surface area contributed by atoms with Crippen LogP contribution in [0.25, 0.3) is 0 Å². The summed E-state index contributed by atoms with van der Waals surface area (Å²) in [4.78, 5) is 22.8. The van der Waals surface area contributed by atoms with Gasteiger partial charge in [0.2, 0.25) is 5.91 Å². The maximum atomic E-state index is 11.6. The Labute approximate surface area is 188 Å². The highest BCUT2D eigenvalue weighted by atomic mass is 35.5. The van der Waals surface area contributed by atoms with Crippen molar-refractivity contribution in [3.63, 3.8) is 0 Å². The standard InChI is InChI=1S/C23H29ClN6O/c1-25-23(29-14-12-28(13-15-29)21-5-3-2-4-20(21)24)27-16-18-6-8-19(9-7-18)30-11-10-26-22(31)17-30/h2-9H,10-17H2,1H3,(H,25,27)(H,26,31). The predicted molar refractivity (Wildman–Crippen MR) is 127 cm³/mol.